The van der Waals surface area contributed by atoms with Gasteiger partial charge in [0.15, 0.2) is 0 Å². The maximum atomic E-state index is 5.35. The first-order chi connectivity index (χ1) is 8.24. The van der Waals surface area contributed by atoms with Crippen LogP contribution in [-0.2, 0) is 6.42 Å². The monoisotopic (exact) mass is 233 g/mol. The number of hydrogen-bond donors (Lipinski definition) is 1. The zero-order chi connectivity index (χ0) is 12.3. The molecule has 0 radical (unpaired) electrons. The van der Waals surface area contributed by atoms with Crippen molar-refractivity contribution < 1.29 is 4.74 Å². The summed E-state index contributed by atoms with van der Waals surface area (Å²) in [5, 5.41) is 3.61. The van der Waals surface area contributed by atoms with Crippen LogP contribution in [0.5, 0.6) is 5.75 Å². The highest BCUT2D eigenvalue weighted by Crippen LogP contribution is 2.33. The Hall–Kier alpha value is -1.02. The quantitative estimate of drug-likeness (QED) is 0.809. The summed E-state index contributed by atoms with van der Waals surface area (Å²) in [6.07, 6.45) is 3.72. The Labute approximate surface area is 104 Å². The van der Waals surface area contributed by atoms with Crippen molar-refractivity contribution in [2.75, 3.05) is 13.7 Å². The molecule has 17 heavy (non-hydrogen) atoms. The van der Waals surface area contributed by atoms with Crippen LogP contribution in [0.4, 0.5) is 0 Å². The Bertz CT molecular complexity index is 375. The second-order valence-corrected chi connectivity index (χ2v) is 5.05. The van der Waals surface area contributed by atoms with Gasteiger partial charge < -0.3 is 10.1 Å². The number of nitrogens with one attached hydrogen (secondary N) is 1. The first kappa shape index (κ1) is 12.4. The topological polar surface area (TPSA) is 21.3 Å². The minimum absolute atomic E-state index is 0.489. The zero-order valence-corrected chi connectivity index (χ0v) is 11.1. The van der Waals surface area contributed by atoms with Crippen molar-refractivity contribution in [3.05, 3.63) is 29.3 Å². The first-order valence-electron chi connectivity index (χ1n) is 6.64. The maximum absolute atomic E-state index is 5.35. The highest BCUT2D eigenvalue weighted by molar-refractivity contribution is 5.38. The van der Waals surface area contributed by atoms with Crippen molar-refractivity contribution in [2.24, 2.45) is 5.92 Å². The van der Waals surface area contributed by atoms with Crippen molar-refractivity contribution in [1.82, 2.24) is 5.32 Å². The Morgan fingerprint density at radius 3 is 2.94 bits per heavy atom. The van der Waals surface area contributed by atoms with Crippen LogP contribution in [0.1, 0.15) is 43.9 Å². The Kier molecular flexibility index (Phi) is 4.06. The predicted molar refractivity (Wildman–Crippen MR) is 71.5 cm³/mol. The van der Waals surface area contributed by atoms with E-state index in [9.17, 15) is 0 Å². The van der Waals surface area contributed by atoms with Crippen LogP contribution in [0.3, 0.4) is 0 Å². The van der Waals surface area contributed by atoms with Crippen molar-refractivity contribution in [3.8, 4) is 5.75 Å². The molecule has 0 bridgehead atoms. The second kappa shape index (κ2) is 5.54. The molecule has 0 amide bonds. The predicted octanol–water partition coefficient (Wildman–Crippen LogP) is 3.32. The van der Waals surface area contributed by atoms with Gasteiger partial charge >= 0.3 is 0 Å². The molecular weight excluding hydrogens is 210 g/mol. The van der Waals surface area contributed by atoms with E-state index in [1.807, 2.05) is 0 Å². The standard InChI is InChI=1S/C15H23NO/c1-4-16-15-9-11(2)5-6-12-7-8-13(17-3)10-14(12)15/h7-8,10-11,15-16H,4-6,9H2,1-3H3. The summed E-state index contributed by atoms with van der Waals surface area (Å²) < 4.78 is 5.35. The molecule has 0 aromatic heterocycles. The molecule has 2 rings (SSSR count). The van der Waals surface area contributed by atoms with Gasteiger partial charge in [-0.15, -0.1) is 0 Å². The third-order valence-electron chi connectivity index (χ3n) is 3.72. The maximum Gasteiger partial charge on any atom is 0.119 e. The average molecular weight is 233 g/mol. The van der Waals surface area contributed by atoms with Gasteiger partial charge in [0.05, 0.1) is 7.11 Å². The van der Waals surface area contributed by atoms with E-state index >= 15 is 0 Å². The van der Waals surface area contributed by atoms with Crippen LogP contribution in [-0.4, -0.2) is 13.7 Å². The van der Waals surface area contributed by atoms with E-state index in [1.54, 1.807) is 7.11 Å². The molecule has 0 aliphatic heterocycles. The number of benzene rings is 1. The Morgan fingerprint density at radius 2 is 2.24 bits per heavy atom. The minimum Gasteiger partial charge on any atom is -0.497 e. The molecule has 0 saturated heterocycles. The third-order valence-corrected chi connectivity index (χ3v) is 3.72. The fourth-order valence-corrected chi connectivity index (χ4v) is 2.74. The molecule has 1 aliphatic carbocycles. The zero-order valence-electron chi connectivity index (χ0n) is 11.1. The molecule has 2 atom stereocenters. The second-order valence-electron chi connectivity index (χ2n) is 5.05. The minimum atomic E-state index is 0.489. The van der Waals surface area contributed by atoms with Crippen LogP contribution in [0.25, 0.3) is 0 Å². The molecule has 2 heteroatoms. The lowest BCUT2D eigenvalue weighted by atomic mass is 9.97. The van der Waals surface area contributed by atoms with Gasteiger partial charge in [-0.2, -0.15) is 0 Å². The first-order valence-corrected chi connectivity index (χ1v) is 6.64. The highest BCUT2D eigenvalue weighted by Gasteiger charge is 2.22. The molecule has 1 aromatic carbocycles. The summed E-state index contributed by atoms with van der Waals surface area (Å²) in [4.78, 5) is 0. The van der Waals surface area contributed by atoms with Crippen molar-refractivity contribution in [3.63, 3.8) is 0 Å². The van der Waals surface area contributed by atoms with E-state index in [0.717, 1.165) is 18.2 Å². The van der Waals surface area contributed by atoms with E-state index < -0.39 is 0 Å². The van der Waals surface area contributed by atoms with Crippen LogP contribution < -0.4 is 10.1 Å². The smallest absolute Gasteiger partial charge is 0.119 e. The summed E-state index contributed by atoms with van der Waals surface area (Å²) >= 11 is 0. The van der Waals surface area contributed by atoms with E-state index in [4.69, 9.17) is 4.74 Å². The molecular formula is C15H23NO. The number of hydrogen-bond acceptors (Lipinski definition) is 2. The number of fused-ring (bicyclic) bond motifs is 1. The summed E-state index contributed by atoms with van der Waals surface area (Å²) in [6.45, 7) is 5.55. The summed E-state index contributed by atoms with van der Waals surface area (Å²) in [5.74, 6) is 1.76. The molecule has 1 aliphatic rings. The Morgan fingerprint density at radius 1 is 1.41 bits per heavy atom. The number of rotatable bonds is 3. The fraction of sp³-hybridized carbons (Fsp3) is 0.600. The van der Waals surface area contributed by atoms with E-state index in [-0.39, 0.29) is 0 Å². The van der Waals surface area contributed by atoms with Gasteiger partial charge in [0.25, 0.3) is 0 Å². The number of ether oxygens (including phenoxy) is 1. The van der Waals surface area contributed by atoms with Gasteiger partial charge in [-0.1, -0.05) is 19.9 Å². The van der Waals surface area contributed by atoms with Crippen molar-refractivity contribution >= 4 is 0 Å². The third kappa shape index (κ3) is 2.81. The largest absolute Gasteiger partial charge is 0.497 e. The SMILES string of the molecule is CCNC1CC(C)CCc2ccc(OC)cc21. The van der Waals surface area contributed by atoms with E-state index in [0.29, 0.717) is 6.04 Å². The Balaban J connectivity index is 2.34. The van der Waals surface area contributed by atoms with Crippen LogP contribution in [0.2, 0.25) is 0 Å². The lowest BCUT2D eigenvalue weighted by Crippen LogP contribution is -2.22. The number of methoxy groups -OCH3 is 1. The van der Waals surface area contributed by atoms with Gasteiger partial charge in [0.1, 0.15) is 5.75 Å². The molecule has 2 nitrogen and oxygen atoms in total. The molecule has 0 heterocycles. The van der Waals surface area contributed by atoms with E-state index in [1.165, 1.54) is 30.4 Å². The van der Waals surface area contributed by atoms with Crippen molar-refractivity contribution in [1.29, 1.82) is 0 Å². The lowest BCUT2D eigenvalue weighted by molar-refractivity contribution is 0.404. The molecule has 2 unspecified atom stereocenters. The van der Waals surface area contributed by atoms with E-state index in [2.05, 4.69) is 37.4 Å². The van der Waals surface area contributed by atoms with Gasteiger partial charge in [-0.3, -0.25) is 0 Å². The van der Waals surface area contributed by atoms with Crippen molar-refractivity contribution in [2.45, 2.75) is 39.2 Å². The van der Waals surface area contributed by atoms with Gasteiger partial charge in [-0.05, 0) is 55.0 Å². The summed E-state index contributed by atoms with van der Waals surface area (Å²) in [6, 6.07) is 7.01. The summed E-state index contributed by atoms with van der Waals surface area (Å²) in [7, 11) is 1.74. The van der Waals surface area contributed by atoms with Crippen LogP contribution >= 0.6 is 0 Å². The van der Waals surface area contributed by atoms with Gasteiger partial charge in [0, 0.05) is 6.04 Å². The number of aryl methyl sites for hydroxylation is 1. The van der Waals surface area contributed by atoms with Crippen LogP contribution in [0.15, 0.2) is 18.2 Å². The molecule has 0 saturated carbocycles. The molecule has 1 aromatic rings. The molecule has 94 valence electrons. The van der Waals surface area contributed by atoms with Gasteiger partial charge in [-0.25, -0.2) is 0 Å². The normalized spacial score (nSPS) is 23.9. The molecule has 0 fully saturated rings. The average Bonchev–Trinajstić information content (AvgIpc) is 2.49. The lowest BCUT2D eigenvalue weighted by Gasteiger charge is -2.20. The fourth-order valence-electron chi connectivity index (χ4n) is 2.74. The summed E-state index contributed by atoms with van der Waals surface area (Å²) in [5.41, 5.74) is 2.93. The van der Waals surface area contributed by atoms with Gasteiger partial charge in [0.2, 0.25) is 0 Å². The van der Waals surface area contributed by atoms with Crippen LogP contribution in [0, 0.1) is 5.92 Å². The molecule has 0 spiro atoms. The molecule has 1 N–H and O–H groups in total. The highest BCUT2D eigenvalue weighted by atomic mass is 16.5.